The maximum Gasteiger partial charge on any atom is 0.411 e. The number of hydrogen-bond acceptors (Lipinski definition) is 4. The summed E-state index contributed by atoms with van der Waals surface area (Å²) < 4.78 is 9.94. The minimum Gasteiger partial charge on any atom is -0.497 e. The topological polar surface area (TPSA) is 106 Å². The zero-order chi connectivity index (χ0) is 20.5. The third kappa shape index (κ3) is 3.34. The van der Waals surface area contributed by atoms with E-state index in [1.807, 2.05) is 36.4 Å². The van der Waals surface area contributed by atoms with E-state index < -0.39 is 12.0 Å². The Morgan fingerprint density at radius 3 is 2.52 bits per heavy atom. The lowest BCUT2D eigenvalue weighted by Gasteiger charge is -2.08. The lowest BCUT2D eigenvalue weighted by Crippen LogP contribution is -2.11. The molecule has 0 aliphatic rings. The lowest BCUT2D eigenvalue weighted by molar-refractivity contribution is 0.100. The number of carbonyl (C=O) groups is 2. The molecule has 0 fully saturated rings. The highest BCUT2D eigenvalue weighted by molar-refractivity contribution is 6.16. The van der Waals surface area contributed by atoms with Crippen LogP contribution >= 0.6 is 0 Å². The number of benzene rings is 3. The smallest absolute Gasteiger partial charge is 0.411 e. The molecule has 0 radical (unpaired) electrons. The zero-order valence-corrected chi connectivity index (χ0v) is 15.9. The summed E-state index contributed by atoms with van der Waals surface area (Å²) in [6.07, 6.45) is -0.557. The van der Waals surface area contributed by atoms with Gasteiger partial charge in [-0.15, -0.1) is 0 Å². The molecule has 4 rings (SSSR count). The highest BCUT2D eigenvalue weighted by atomic mass is 16.5. The summed E-state index contributed by atoms with van der Waals surface area (Å²) in [4.78, 5) is 26.9. The molecule has 2 amide bonds. The number of primary amides is 1. The summed E-state index contributed by atoms with van der Waals surface area (Å²) in [5.74, 6) is 0.194. The second kappa shape index (κ2) is 7.20. The fourth-order valence-electron chi connectivity index (χ4n) is 3.42. The second-order valence-electron chi connectivity index (χ2n) is 6.54. The number of aromatic amines is 1. The summed E-state index contributed by atoms with van der Waals surface area (Å²) >= 11 is 0. The fourth-order valence-corrected chi connectivity index (χ4v) is 3.42. The maximum atomic E-state index is 12.2. The van der Waals surface area contributed by atoms with Gasteiger partial charge in [-0.2, -0.15) is 0 Å². The predicted molar refractivity (Wildman–Crippen MR) is 112 cm³/mol. The standard InChI is InChI=1S/C22H19N3O4/c1-28-15-5-3-4-12(8-15)13-9-17-16-7-6-14(24-22(27)29-2)11-19(16)25-20(17)18(10-13)21(23)26/h3-11,25H,1-2H3,(H2,23,26)(H,24,27). The molecule has 29 heavy (non-hydrogen) atoms. The average Bonchev–Trinajstić information content (AvgIpc) is 3.10. The van der Waals surface area contributed by atoms with E-state index in [1.54, 1.807) is 25.3 Å². The van der Waals surface area contributed by atoms with Crippen molar-refractivity contribution >= 4 is 39.5 Å². The first-order valence-corrected chi connectivity index (χ1v) is 8.89. The van der Waals surface area contributed by atoms with E-state index in [2.05, 4.69) is 15.0 Å². The number of H-pyrrole nitrogens is 1. The number of nitrogens with one attached hydrogen (secondary N) is 2. The molecule has 0 aliphatic heterocycles. The van der Waals surface area contributed by atoms with E-state index in [9.17, 15) is 9.59 Å². The Labute approximate surface area is 166 Å². The molecular weight excluding hydrogens is 370 g/mol. The van der Waals surface area contributed by atoms with Crippen LogP contribution in [-0.2, 0) is 4.74 Å². The summed E-state index contributed by atoms with van der Waals surface area (Å²) in [6, 6.07) is 16.8. The van der Waals surface area contributed by atoms with Crippen molar-refractivity contribution in [2.24, 2.45) is 5.73 Å². The van der Waals surface area contributed by atoms with Gasteiger partial charge in [0.1, 0.15) is 5.75 Å². The molecule has 4 N–H and O–H groups in total. The van der Waals surface area contributed by atoms with E-state index in [-0.39, 0.29) is 0 Å². The van der Waals surface area contributed by atoms with Gasteiger partial charge in [0, 0.05) is 22.0 Å². The number of fused-ring (bicyclic) bond motifs is 3. The van der Waals surface area contributed by atoms with Gasteiger partial charge in [0.2, 0.25) is 0 Å². The third-order valence-corrected chi connectivity index (χ3v) is 4.81. The number of nitrogens with two attached hydrogens (primary N) is 1. The van der Waals surface area contributed by atoms with Crippen molar-refractivity contribution in [2.45, 2.75) is 0 Å². The quantitative estimate of drug-likeness (QED) is 0.484. The summed E-state index contributed by atoms with van der Waals surface area (Å²) in [5, 5.41) is 4.39. The van der Waals surface area contributed by atoms with E-state index >= 15 is 0 Å². The zero-order valence-electron chi connectivity index (χ0n) is 15.9. The van der Waals surface area contributed by atoms with Gasteiger partial charge in [-0.25, -0.2) is 4.79 Å². The monoisotopic (exact) mass is 389 g/mol. The molecule has 0 saturated carbocycles. The fraction of sp³-hybridized carbons (Fsp3) is 0.0909. The lowest BCUT2D eigenvalue weighted by atomic mass is 9.98. The van der Waals surface area contributed by atoms with Crippen molar-refractivity contribution in [1.82, 2.24) is 4.98 Å². The van der Waals surface area contributed by atoms with Crippen LogP contribution in [0.3, 0.4) is 0 Å². The van der Waals surface area contributed by atoms with Crippen LogP contribution in [0, 0.1) is 0 Å². The Morgan fingerprint density at radius 1 is 0.966 bits per heavy atom. The van der Waals surface area contributed by atoms with Crippen molar-refractivity contribution in [2.75, 3.05) is 19.5 Å². The molecule has 0 spiro atoms. The molecule has 0 aliphatic carbocycles. The van der Waals surface area contributed by atoms with Gasteiger partial charge in [0.05, 0.1) is 25.3 Å². The summed E-state index contributed by atoms with van der Waals surface area (Å²) in [5.41, 5.74) is 9.79. The second-order valence-corrected chi connectivity index (χ2v) is 6.54. The molecular formula is C22H19N3O4. The Balaban J connectivity index is 1.93. The Hall–Kier alpha value is -4.00. The van der Waals surface area contributed by atoms with Gasteiger partial charge >= 0.3 is 6.09 Å². The van der Waals surface area contributed by atoms with Crippen LogP contribution in [0.5, 0.6) is 5.75 Å². The maximum absolute atomic E-state index is 12.2. The number of methoxy groups -OCH3 is 2. The molecule has 7 nitrogen and oxygen atoms in total. The van der Waals surface area contributed by atoms with E-state index in [0.29, 0.717) is 16.8 Å². The first-order valence-electron chi connectivity index (χ1n) is 8.89. The van der Waals surface area contributed by atoms with Crippen LogP contribution in [0.25, 0.3) is 32.9 Å². The van der Waals surface area contributed by atoms with Crippen LogP contribution in [0.1, 0.15) is 10.4 Å². The van der Waals surface area contributed by atoms with Gasteiger partial charge in [-0.05, 0) is 47.5 Å². The predicted octanol–water partition coefficient (Wildman–Crippen LogP) is 4.27. The molecule has 3 aromatic carbocycles. The minimum atomic E-state index is -0.557. The molecule has 146 valence electrons. The highest BCUT2D eigenvalue weighted by Crippen LogP contribution is 2.34. The average molecular weight is 389 g/mol. The Bertz CT molecular complexity index is 1260. The number of hydrogen-bond donors (Lipinski definition) is 3. The van der Waals surface area contributed by atoms with Crippen LogP contribution in [0.4, 0.5) is 10.5 Å². The first kappa shape index (κ1) is 18.4. The van der Waals surface area contributed by atoms with E-state index in [1.165, 1.54) is 7.11 Å². The molecule has 4 aromatic rings. The van der Waals surface area contributed by atoms with Crippen molar-refractivity contribution < 1.29 is 19.1 Å². The first-order chi connectivity index (χ1) is 14.0. The van der Waals surface area contributed by atoms with Crippen molar-refractivity contribution in [3.05, 3.63) is 60.2 Å². The van der Waals surface area contributed by atoms with Crippen molar-refractivity contribution in [1.29, 1.82) is 0 Å². The number of anilines is 1. The normalized spacial score (nSPS) is 10.8. The number of carbonyl (C=O) groups excluding carboxylic acids is 2. The van der Waals surface area contributed by atoms with Gasteiger partial charge in [0.25, 0.3) is 5.91 Å². The van der Waals surface area contributed by atoms with Crippen molar-refractivity contribution in [3.8, 4) is 16.9 Å². The molecule has 1 heterocycles. The number of ether oxygens (including phenoxy) is 2. The van der Waals surface area contributed by atoms with Crippen LogP contribution < -0.4 is 15.8 Å². The number of rotatable bonds is 4. The van der Waals surface area contributed by atoms with Gasteiger partial charge in [-0.1, -0.05) is 18.2 Å². The largest absolute Gasteiger partial charge is 0.497 e. The van der Waals surface area contributed by atoms with Crippen LogP contribution in [-0.4, -0.2) is 31.2 Å². The number of amides is 2. The Morgan fingerprint density at radius 2 is 1.79 bits per heavy atom. The SMILES string of the molecule is COC(=O)Nc1ccc2c(c1)[nH]c1c(C(N)=O)cc(-c3cccc(OC)c3)cc12. The molecule has 0 atom stereocenters. The van der Waals surface area contributed by atoms with Crippen molar-refractivity contribution in [3.63, 3.8) is 0 Å². The summed E-state index contributed by atoms with van der Waals surface area (Å²) in [6.45, 7) is 0. The van der Waals surface area contributed by atoms with Crippen LogP contribution in [0.2, 0.25) is 0 Å². The third-order valence-electron chi connectivity index (χ3n) is 4.81. The highest BCUT2D eigenvalue weighted by Gasteiger charge is 2.15. The van der Waals surface area contributed by atoms with Gasteiger partial charge in [-0.3, -0.25) is 10.1 Å². The summed E-state index contributed by atoms with van der Waals surface area (Å²) in [7, 11) is 2.91. The molecule has 0 saturated heterocycles. The van der Waals surface area contributed by atoms with E-state index in [4.69, 9.17) is 10.5 Å². The van der Waals surface area contributed by atoms with Gasteiger partial charge < -0.3 is 20.2 Å². The molecule has 0 unspecified atom stereocenters. The molecule has 7 heteroatoms. The molecule has 1 aromatic heterocycles. The van der Waals surface area contributed by atoms with E-state index in [0.717, 1.165) is 33.2 Å². The van der Waals surface area contributed by atoms with Crippen LogP contribution in [0.15, 0.2) is 54.6 Å². The molecule has 0 bridgehead atoms. The Kier molecular flexibility index (Phi) is 4.56. The van der Waals surface area contributed by atoms with Gasteiger partial charge in [0.15, 0.2) is 0 Å². The number of aromatic nitrogens is 1. The minimum absolute atomic E-state index is 0.388.